The zero-order valence-corrected chi connectivity index (χ0v) is 20.4. The number of nitrogens with one attached hydrogen (secondary N) is 3. The Balaban J connectivity index is 5.67. The van der Waals surface area contributed by atoms with E-state index in [2.05, 4.69) is 16.0 Å². The molecule has 11 heteroatoms. The van der Waals surface area contributed by atoms with Crippen LogP contribution in [0.4, 0.5) is 0 Å². The maximum Gasteiger partial charge on any atom is 0.326 e. The molecule has 0 bridgehead atoms. The molecule has 7 unspecified atom stereocenters. The molecule has 190 valence electrons. The van der Waals surface area contributed by atoms with Gasteiger partial charge in [0.2, 0.25) is 17.7 Å². The molecule has 0 saturated carbocycles. The number of hydrogen-bond donors (Lipinski definition) is 6. The molecule has 0 aromatic rings. The van der Waals surface area contributed by atoms with Crippen LogP contribution in [0.3, 0.4) is 0 Å². The van der Waals surface area contributed by atoms with E-state index < -0.39 is 60.2 Å². The number of rotatable bonds is 15. The fourth-order valence-electron chi connectivity index (χ4n) is 3.11. The average molecular weight is 473 g/mol. The summed E-state index contributed by atoms with van der Waals surface area (Å²) in [6.45, 7) is 10.7. The van der Waals surface area contributed by atoms with Crippen molar-refractivity contribution in [1.29, 1.82) is 0 Å². The molecule has 0 rings (SSSR count). The van der Waals surface area contributed by atoms with E-state index in [1.165, 1.54) is 0 Å². The molecule has 0 radical (unpaired) electrons. The number of carboxylic acid groups (broad SMARTS) is 2. The van der Waals surface area contributed by atoms with Crippen LogP contribution in [0.25, 0.3) is 0 Å². The quantitative estimate of drug-likeness (QED) is 0.198. The van der Waals surface area contributed by atoms with Crippen molar-refractivity contribution in [2.24, 2.45) is 23.5 Å². The zero-order valence-electron chi connectivity index (χ0n) is 20.4. The molecule has 0 aromatic heterocycles. The van der Waals surface area contributed by atoms with E-state index in [-0.39, 0.29) is 17.8 Å². The first-order chi connectivity index (χ1) is 15.3. The smallest absolute Gasteiger partial charge is 0.326 e. The highest BCUT2D eigenvalue weighted by Gasteiger charge is 2.35. The van der Waals surface area contributed by atoms with Crippen LogP contribution in [0, 0.1) is 17.8 Å². The predicted octanol–water partition coefficient (Wildman–Crippen LogP) is 0.466. The molecule has 0 aliphatic heterocycles. The lowest BCUT2D eigenvalue weighted by Gasteiger charge is -2.30. The van der Waals surface area contributed by atoms with Gasteiger partial charge in [-0.05, 0) is 17.8 Å². The Bertz CT molecular complexity index is 700. The molecule has 11 nitrogen and oxygen atoms in total. The molecule has 33 heavy (non-hydrogen) atoms. The highest BCUT2D eigenvalue weighted by molar-refractivity contribution is 5.95. The monoisotopic (exact) mass is 472 g/mol. The molecule has 0 aliphatic rings. The fourth-order valence-corrected chi connectivity index (χ4v) is 3.11. The number of amides is 3. The summed E-state index contributed by atoms with van der Waals surface area (Å²) >= 11 is 0. The van der Waals surface area contributed by atoms with Crippen LogP contribution in [-0.4, -0.2) is 64.0 Å². The Morgan fingerprint density at radius 2 is 1.00 bits per heavy atom. The Hall–Kier alpha value is -2.69. The van der Waals surface area contributed by atoms with Gasteiger partial charge >= 0.3 is 11.9 Å². The minimum atomic E-state index is -1.33. The van der Waals surface area contributed by atoms with Crippen molar-refractivity contribution in [2.45, 2.75) is 91.4 Å². The van der Waals surface area contributed by atoms with Crippen LogP contribution >= 0.6 is 0 Å². The molecular formula is C22H40N4O7. The van der Waals surface area contributed by atoms with Gasteiger partial charge in [-0.3, -0.25) is 19.2 Å². The van der Waals surface area contributed by atoms with Crippen molar-refractivity contribution in [3.63, 3.8) is 0 Å². The summed E-state index contributed by atoms with van der Waals surface area (Å²) in [7, 11) is 0. The number of aliphatic carboxylic acids is 2. The molecule has 7 atom stereocenters. The van der Waals surface area contributed by atoms with E-state index in [0.717, 1.165) is 0 Å². The number of hydrogen-bond acceptors (Lipinski definition) is 6. The molecule has 7 N–H and O–H groups in total. The van der Waals surface area contributed by atoms with Crippen LogP contribution in [0.15, 0.2) is 0 Å². The minimum Gasteiger partial charge on any atom is -0.481 e. The molecule has 0 heterocycles. The van der Waals surface area contributed by atoms with E-state index in [9.17, 15) is 29.1 Å². The number of carbonyl (C=O) groups excluding carboxylic acids is 3. The van der Waals surface area contributed by atoms with Crippen LogP contribution in [0.1, 0.15) is 67.2 Å². The van der Waals surface area contributed by atoms with Gasteiger partial charge in [0, 0.05) is 0 Å². The summed E-state index contributed by atoms with van der Waals surface area (Å²) in [4.78, 5) is 60.8. The van der Waals surface area contributed by atoms with Crippen LogP contribution in [-0.2, 0) is 24.0 Å². The summed E-state index contributed by atoms with van der Waals surface area (Å²) in [6.07, 6.45) is 0.992. The van der Waals surface area contributed by atoms with Crippen molar-refractivity contribution in [3.05, 3.63) is 0 Å². The first-order valence-corrected chi connectivity index (χ1v) is 11.4. The predicted molar refractivity (Wildman–Crippen MR) is 122 cm³/mol. The molecule has 0 aliphatic carbocycles. The van der Waals surface area contributed by atoms with Gasteiger partial charge in [0.25, 0.3) is 0 Å². The Morgan fingerprint density at radius 1 is 0.667 bits per heavy atom. The highest BCUT2D eigenvalue weighted by Crippen LogP contribution is 2.14. The van der Waals surface area contributed by atoms with Gasteiger partial charge in [0.15, 0.2) is 0 Å². The number of nitrogens with two attached hydrogens (primary N) is 1. The van der Waals surface area contributed by atoms with Gasteiger partial charge in [-0.15, -0.1) is 0 Å². The van der Waals surface area contributed by atoms with Crippen LogP contribution in [0.5, 0.6) is 0 Å². The second-order valence-corrected chi connectivity index (χ2v) is 8.66. The topological polar surface area (TPSA) is 188 Å². The summed E-state index contributed by atoms with van der Waals surface area (Å²) in [5, 5.41) is 26.0. The Kier molecular flexibility index (Phi) is 13.3. The average Bonchev–Trinajstić information content (AvgIpc) is 2.76. The summed E-state index contributed by atoms with van der Waals surface area (Å²) in [5.41, 5.74) is 5.61. The third-order valence-electron chi connectivity index (χ3n) is 6.09. The summed E-state index contributed by atoms with van der Waals surface area (Å²) in [5.74, 6) is -5.42. The first-order valence-electron chi connectivity index (χ1n) is 11.4. The lowest BCUT2D eigenvalue weighted by molar-refractivity contribution is -0.144. The Labute approximate surface area is 195 Å². The normalized spacial score (nSPS) is 17.4. The van der Waals surface area contributed by atoms with E-state index in [4.69, 9.17) is 10.8 Å². The van der Waals surface area contributed by atoms with Crippen molar-refractivity contribution in [2.75, 3.05) is 0 Å². The number of carboxylic acids is 2. The molecule has 0 fully saturated rings. The summed E-state index contributed by atoms with van der Waals surface area (Å²) in [6, 6.07) is -4.51. The summed E-state index contributed by atoms with van der Waals surface area (Å²) < 4.78 is 0. The maximum atomic E-state index is 13.1. The van der Waals surface area contributed by atoms with E-state index >= 15 is 0 Å². The number of carbonyl (C=O) groups is 5. The largest absolute Gasteiger partial charge is 0.481 e. The van der Waals surface area contributed by atoms with Gasteiger partial charge in [0.05, 0.1) is 12.5 Å². The second-order valence-electron chi connectivity index (χ2n) is 8.66. The molecule has 0 saturated heterocycles. The van der Waals surface area contributed by atoms with E-state index in [1.807, 2.05) is 20.8 Å². The zero-order chi connectivity index (χ0) is 25.9. The van der Waals surface area contributed by atoms with Crippen molar-refractivity contribution in [3.8, 4) is 0 Å². The van der Waals surface area contributed by atoms with Gasteiger partial charge in [-0.1, -0.05) is 60.8 Å². The molecule has 3 amide bonds. The maximum absolute atomic E-state index is 13.1. The molecular weight excluding hydrogens is 432 g/mol. The van der Waals surface area contributed by atoms with Crippen LogP contribution in [0.2, 0.25) is 0 Å². The van der Waals surface area contributed by atoms with Gasteiger partial charge in [-0.2, -0.15) is 0 Å². The van der Waals surface area contributed by atoms with Gasteiger partial charge < -0.3 is 31.9 Å². The molecule has 0 spiro atoms. The van der Waals surface area contributed by atoms with E-state index in [0.29, 0.717) is 19.3 Å². The first kappa shape index (κ1) is 30.3. The van der Waals surface area contributed by atoms with Crippen molar-refractivity contribution in [1.82, 2.24) is 16.0 Å². The third kappa shape index (κ3) is 9.77. The molecule has 0 aromatic carbocycles. The standard InChI is InChI=1S/C22H40N4O7/c1-7-11(4)16(24-19(29)14(23)10-15(27)28)20(30)25-17(12(5)8-2)21(31)26-18(22(32)33)13(6)9-3/h11-14,16-18H,7-10,23H2,1-6H3,(H,24,29)(H,25,30)(H,26,31)(H,27,28)(H,32,33). The second kappa shape index (κ2) is 14.5. The van der Waals surface area contributed by atoms with Gasteiger partial charge in [-0.25, -0.2) is 4.79 Å². The minimum absolute atomic E-state index is 0.317. The Morgan fingerprint density at radius 3 is 1.33 bits per heavy atom. The lowest BCUT2D eigenvalue weighted by atomic mass is 9.93. The highest BCUT2D eigenvalue weighted by atomic mass is 16.4. The van der Waals surface area contributed by atoms with Crippen molar-refractivity contribution >= 4 is 29.7 Å². The lowest BCUT2D eigenvalue weighted by Crippen LogP contribution is -2.60. The van der Waals surface area contributed by atoms with Gasteiger partial charge in [0.1, 0.15) is 18.1 Å². The van der Waals surface area contributed by atoms with E-state index in [1.54, 1.807) is 20.8 Å². The third-order valence-corrected chi connectivity index (χ3v) is 6.09. The SMILES string of the molecule is CCC(C)C(NC(=O)C(NC(=O)C(NC(=O)C(N)CC(=O)O)C(C)CC)C(C)CC)C(=O)O. The van der Waals surface area contributed by atoms with Crippen LogP contribution < -0.4 is 21.7 Å². The van der Waals surface area contributed by atoms with Crippen molar-refractivity contribution < 1.29 is 34.2 Å². The fraction of sp³-hybridized carbons (Fsp3) is 0.773.